The second kappa shape index (κ2) is 6.46. The second-order valence-corrected chi connectivity index (χ2v) is 5.17. The smallest absolute Gasteiger partial charge is 0.0734 e. The minimum atomic E-state index is 0.258. The van der Waals surface area contributed by atoms with Gasteiger partial charge in [-0.15, -0.1) is 0 Å². The van der Waals surface area contributed by atoms with Crippen LogP contribution in [0.15, 0.2) is 60.9 Å². The molecule has 0 aliphatic heterocycles. The molecule has 3 aromatic rings. The molecule has 2 aromatic heterocycles. The van der Waals surface area contributed by atoms with Crippen LogP contribution in [-0.2, 0) is 6.42 Å². The summed E-state index contributed by atoms with van der Waals surface area (Å²) >= 11 is 0. The zero-order valence-corrected chi connectivity index (χ0v) is 12.2. The number of para-hydroxylation sites is 1. The van der Waals surface area contributed by atoms with E-state index in [0.717, 1.165) is 24.2 Å². The van der Waals surface area contributed by atoms with E-state index in [1.165, 1.54) is 10.9 Å². The van der Waals surface area contributed by atoms with Crippen molar-refractivity contribution in [3.05, 3.63) is 72.2 Å². The van der Waals surface area contributed by atoms with E-state index in [9.17, 15) is 0 Å². The predicted octanol–water partition coefficient (Wildman–Crippen LogP) is 3.52. The molecule has 1 N–H and O–H groups in total. The Bertz CT molecular complexity index is 704. The van der Waals surface area contributed by atoms with Crippen LogP contribution in [-0.4, -0.2) is 16.5 Å². The van der Waals surface area contributed by atoms with E-state index in [2.05, 4.69) is 52.5 Å². The molecule has 106 valence electrons. The zero-order valence-electron chi connectivity index (χ0n) is 12.2. The molecule has 1 aromatic carbocycles. The molecule has 0 amide bonds. The van der Waals surface area contributed by atoms with Gasteiger partial charge in [0.05, 0.1) is 11.2 Å². The van der Waals surface area contributed by atoms with Crippen molar-refractivity contribution in [3.63, 3.8) is 0 Å². The van der Waals surface area contributed by atoms with Crippen molar-refractivity contribution in [2.24, 2.45) is 0 Å². The highest BCUT2D eigenvalue weighted by atomic mass is 14.9. The Morgan fingerprint density at radius 3 is 2.67 bits per heavy atom. The molecule has 0 radical (unpaired) electrons. The fourth-order valence-corrected chi connectivity index (χ4v) is 2.53. The number of pyridine rings is 2. The van der Waals surface area contributed by atoms with Crippen LogP contribution < -0.4 is 5.32 Å². The van der Waals surface area contributed by atoms with Crippen LogP contribution in [0, 0.1) is 0 Å². The van der Waals surface area contributed by atoms with Crippen molar-refractivity contribution >= 4 is 10.9 Å². The van der Waals surface area contributed by atoms with Crippen molar-refractivity contribution in [1.29, 1.82) is 0 Å². The summed E-state index contributed by atoms with van der Waals surface area (Å²) in [5.41, 5.74) is 3.47. The molecule has 0 saturated carbocycles. The largest absolute Gasteiger partial charge is 0.309 e. The predicted molar refractivity (Wildman–Crippen MR) is 86.1 cm³/mol. The SMILES string of the molecule is CC(NCCc1cccc2cccnc12)c1ccccn1. The Morgan fingerprint density at radius 1 is 0.952 bits per heavy atom. The molecule has 3 rings (SSSR count). The quantitative estimate of drug-likeness (QED) is 0.775. The van der Waals surface area contributed by atoms with E-state index < -0.39 is 0 Å². The lowest BCUT2D eigenvalue weighted by atomic mass is 10.1. The van der Waals surface area contributed by atoms with E-state index in [4.69, 9.17) is 0 Å². The molecule has 1 atom stereocenters. The Morgan fingerprint density at radius 2 is 1.81 bits per heavy atom. The number of nitrogens with one attached hydrogen (secondary N) is 1. The molecule has 0 aliphatic rings. The number of hydrogen-bond acceptors (Lipinski definition) is 3. The van der Waals surface area contributed by atoms with Crippen LogP contribution in [0.2, 0.25) is 0 Å². The van der Waals surface area contributed by atoms with Gasteiger partial charge in [-0.1, -0.05) is 30.3 Å². The summed E-state index contributed by atoms with van der Waals surface area (Å²) in [6, 6.07) is 16.7. The van der Waals surface area contributed by atoms with Gasteiger partial charge >= 0.3 is 0 Å². The summed E-state index contributed by atoms with van der Waals surface area (Å²) in [7, 11) is 0. The number of nitrogens with zero attached hydrogens (tertiary/aromatic N) is 2. The lowest BCUT2D eigenvalue weighted by Crippen LogP contribution is -2.22. The van der Waals surface area contributed by atoms with Gasteiger partial charge in [0.15, 0.2) is 0 Å². The second-order valence-electron chi connectivity index (χ2n) is 5.17. The van der Waals surface area contributed by atoms with Crippen LogP contribution in [0.4, 0.5) is 0 Å². The third kappa shape index (κ3) is 3.26. The van der Waals surface area contributed by atoms with E-state index in [0.29, 0.717) is 0 Å². The molecule has 0 aliphatic carbocycles. The van der Waals surface area contributed by atoms with Crippen LogP contribution in [0.5, 0.6) is 0 Å². The van der Waals surface area contributed by atoms with Crippen LogP contribution in [0.3, 0.4) is 0 Å². The Hall–Kier alpha value is -2.26. The maximum atomic E-state index is 4.50. The first-order valence-electron chi connectivity index (χ1n) is 7.31. The van der Waals surface area contributed by atoms with E-state index in [1.807, 2.05) is 30.6 Å². The fraction of sp³-hybridized carbons (Fsp3) is 0.222. The van der Waals surface area contributed by atoms with Gasteiger partial charge in [0.2, 0.25) is 0 Å². The van der Waals surface area contributed by atoms with Crippen molar-refractivity contribution in [3.8, 4) is 0 Å². The normalized spacial score (nSPS) is 12.4. The molecule has 1 unspecified atom stereocenters. The number of fused-ring (bicyclic) bond motifs is 1. The van der Waals surface area contributed by atoms with Crippen LogP contribution in [0.25, 0.3) is 10.9 Å². The molecule has 0 fully saturated rings. The summed E-state index contributed by atoms with van der Waals surface area (Å²) in [6.45, 7) is 3.05. The van der Waals surface area contributed by atoms with E-state index in [1.54, 1.807) is 0 Å². The van der Waals surface area contributed by atoms with E-state index in [-0.39, 0.29) is 6.04 Å². The van der Waals surface area contributed by atoms with Crippen LogP contribution in [0.1, 0.15) is 24.2 Å². The molecule has 0 saturated heterocycles. The first kappa shape index (κ1) is 13.7. The first-order valence-corrected chi connectivity index (χ1v) is 7.31. The Labute approximate surface area is 125 Å². The van der Waals surface area contributed by atoms with Crippen LogP contribution >= 0.6 is 0 Å². The Balaban J connectivity index is 1.65. The topological polar surface area (TPSA) is 37.8 Å². The maximum Gasteiger partial charge on any atom is 0.0734 e. The summed E-state index contributed by atoms with van der Waals surface area (Å²) in [6.07, 6.45) is 4.66. The monoisotopic (exact) mass is 277 g/mol. The molecule has 3 heteroatoms. The average molecular weight is 277 g/mol. The number of benzene rings is 1. The molecular weight excluding hydrogens is 258 g/mol. The lowest BCUT2D eigenvalue weighted by molar-refractivity contribution is 0.564. The number of aromatic nitrogens is 2. The minimum Gasteiger partial charge on any atom is -0.309 e. The summed E-state index contributed by atoms with van der Waals surface area (Å²) in [5, 5.41) is 4.72. The third-order valence-corrected chi connectivity index (χ3v) is 3.69. The zero-order chi connectivity index (χ0) is 14.5. The standard InChI is InChI=1S/C18H19N3/c1-14(17-9-2-3-11-20-17)19-13-10-16-7-4-6-15-8-5-12-21-18(15)16/h2-9,11-12,14,19H,10,13H2,1H3. The maximum absolute atomic E-state index is 4.50. The van der Waals surface area contributed by atoms with Gasteiger partial charge in [-0.2, -0.15) is 0 Å². The first-order chi connectivity index (χ1) is 10.3. The van der Waals surface area contributed by atoms with E-state index >= 15 is 0 Å². The van der Waals surface area contributed by atoms with Gasteiger partial charge in [-0.3, -0.25) is 9.97 Å². The molecule has 0 spiro atoms. The molecular formula is C18H19N3. The highest BCUT2D eigenvalue weighted by Crippen LogP contribution is 2.16. The lowest BCUT2D eigenvalue weighted by Gasteiger charge is -2.13. The van der Waals surface area contributed by atoms with Gasteiger partial charge in [-0.05, 0) is 43.7 Å². The van der Waals surface area contributed by atoms with Crippen molar-refractivity contribution in [2.75, 3.05) is 6.54 Å². The minimum absolute atomic E-state index is 0.258. The summed E-state index contributed by atoms with van der Waals surface area (Å²) in [4.78, 5) is 8.88. The molecule has 2 heterocycles. The third-order valence-electron chi connectivity index (χ3n) is 3.69. The van der Waals surface area contributed by atoms with Crippen molar-refractivity contribution in [2.45, 2.75) is 19.4 Å². The number of hydrogen-bond donors (Lipinski definition) is 1. The molecule has 21 heavy (non-hydrogen) atoms. The van der Waals surface area contributed by atoms with Gasteiger partial charge < -0.3 is 5.32 Å². The van der Waals surface area contributed by atoms with Crippen molar-refractivity contribution < 1.29 is 0 Å². The average Bonchev–Trinajstić information content (AvgIpc) is 2.56. The molecule has 3 nitrogen and oxygen atoms in total. The Kier molecular flexibility index (Phi) is 4.22. The van der Waals surface area contributed by atoms with Gasteiger partial charge in [0, 0.05) is 23.8 Å². The molecule has 0 bridgehead atoms. The highest BCUT2D eigenvalue weighted by Gasteiger charge is 2.06. The summed E-state index contributed by atoms with van der Waals surface area (Å²) < 4.78 is 0. The van der Waals surface area contributed by atoms with Crippen molar-refractivity contribution in [1.82, 2.24) is 15.3 Å². The van der Waals surface area contributed by atoms with Gasteiger partial charge in [-0.25, -0.2) is 0 Å². The highest BCUT2D eigenvalue weighted by molar-refractivity contribution is 5.81. The number of rotatable bonds is 5. The fourth-order valence-electron chi connectivity index (χ4n) is 2.53. The van der Waals surface area contributed by atoms with Gasteiger partial charge in [0.25, 0.3) is 0 Å². The summed E-state index contributed by atoms with van der Waals surface area (Å²) in [5.74, 6) is 0. The van der Waals surface area contributed by atoms with Gasteiger partial charge in [0.1, 0.15) is 0 Å².